The Balaban J connectivity index is 1.25. The van der Waals surface area contributed by atoms with Gasteiger partial charge in [0, 0.05) is 38.1 Å². The molecule has 3 heterocycles. The number of anilines is 1. The van der Waals surface area contributed by atoms with Gasteiger partial charge in [-0.05, 0) is 36.8 Å². The van der Waals surface area contributed by atoms with Crippen molar-refractivity contribution in [2.24, 2.45) is 0 Å². The van der Waals surface area contributed by atoms with Crippen molar-refractivity contribution in [1.82, 2.24) is 14.9 Å². The standard InChI is InChI=1S/C21H23FN4OS/c1-16-24-19(15-28-16)14-27-20-5-2-17(3-6-20)13-25-8-10-26(11-9-25)21-7-4-18(22)12-23-21/h2-7,12,15H,8-11,13-14H2,1H3. The van der Waals surface area contributed by atoms with E-state index in [1.807, 2.05) is 24.4 Å². The number of pyridine rings is 1. The van der Waals surface area contributed by atoms with Crippen LogP contribution >= 0.6 is 11.3 Å². The van der Waals surface area contributed by atoms with Gasteiger partial charge in [-0.1, -0.05) is 12.1 Å². The van der Waals surface area contributed by atoms with Gasteiger partial charge in [0.1, 0.15) is 24.0 Å². The summed E-state index contributed by atoms with van der Waals surface area (Å²) in [5.41, 5.74) is 2.24. The lowest BCUT2D eigenvalue weighted by Crippen LogP contribution is -2.46. The first-order valence-corrected chi connectivity index (χ1v) is 10.3. The van der Waals surface area contributed by atoms with Crippen LogP contribution in [0.5, 0.6) is 5.75 Å². The zero-order chi connectivity index (χ0) is 19.3. The molecule has 0 bridgehead atoms. The monoisotopic (exact) mass is 398 g/mol. The van der Waals surface area contributed by atoms with E-state index in [4.69, 9.17) is 4.74 Å². The van der Waals surface area contributed by atoms with Crippen molar-refractivity contribution in [3.05, 3.63) is 70.1 Å². The SMILES string of the molecule is Cc1nc(COc2ccc(CN3CCN(c4ccc(F)cn4)CC3)cc2)cs1. The first-order valence-electron chi connectivity index (χ1n) is 9.37. The second-order valence-electron chi connectivity index (χ2n) is 6.89. The summed E-state index contributed by atoms with van der Waals surface area (Å²) < 4.78 is 18.8. The average Bonchev–Trinajstić information content (AvgIpc) is 3.14. The molecule has 0 amide bonds. The lowest BCUT2D eigenvalue weighted by molar-refractivity contribution is 0.249. The molecule has 0 aliphatic carbocycles. The minimum absolute atomic E-state index is 0.295. The molecule has 0 saturated carbocycles. The van der Waals surface area contributed by atoms with Crippen molar-refractivity contribution in [3.63, 3.8) is 0 Å². The van der Waals surface area contributed by atoms with Gasteiger partial charge in [-0.3, -0.25) is 4.90 Å². The predicted molar refractivity (Wildman–Crippen MR) is 109 cm³/mol. The highest BCUT2D eigenvalue weighted by Crippen LogP contribution is 2.18. The van der Waals surface area contributed by atoms with Crippen LogP contribution in [0.15, 0.2) is 48.0 Å². The van der Waals surface area contributed by atoms with E-state index in [-0.39, 0.29) is 5.82 Å². The van der Waals surface area contributed by atoms with E-state index < -0.39 is 0 Å². The second kappa shape index (κ2) is 8.67. The molecule has 7 heteroatoms. The number of piperazine rings is 1. The van der Waals surface area contributed by atoms with Crippen molar-refractivity contribution < 1.29 is 9.13 Å². The number of ether oxygens (including phenoxy) is 1. The van der Waals surface area contributed by atoms with Gasteiger partial charge in [0.25, 0.3) is 0 Å². The third-order valence-corrected chi connectivity index (χ3v) is 5.61. The molecule has 0 radical (unpaired) electrons. The number of halogens is 1. The molecule has 0 unspecified atom stereocenters. The zero-order valence-corrected chi connectivity index (χ0v) is 16.7. The number of benzene rings is 1. The fourth-order valence-electron chi connectivity index (χ4n) is 3.27. The van der Waals surface area contributed by atoms with Gasteiger partial charge < -0.3 is 9.64 Å². The first-order chi connectivity index (χ1) is 13.7. The molecule has 1 aromatic carbocycles. The molecule has 3 aromatic rings. The van der Waals surface area contributed by atoms with Crippen molar-refractivity contribution in [1.29, 1.82) is 0 Å². The zero-order valence-electron chi connectivity index (χ0n) is 15.8. The molecule has 5 nitrogen and oxygen atoms in total. The van der Waals surface area contributed by atoms with Crippen LogP contribution in [0.25, 0.3) is 0 Å². The van der Waals surface area contributed by atoms with E-state index in [1.165, 1.54) is 17.8 Å². The summed E-state index contributed by atoms with van der Waals surface area (Å²) in [7, 11) is 0. The molecule has 0 atom stereocenters. The van der Waals surface area contributed by atoms with Gasteiger partial charge in [-0.2, -0.15) is 0 Å². The Morgan fingerprint density at radius 2 is 1.86 bits per heavy atom. The molecular weight excluding hydrogens is 375 g/mol. The summed E-state index contributed by atoms with van der Waals surface area (Å²) in [5, 5.41) is 3.09. The number of hydrogen-bond acceptors (Lipinski definition) is 6. The highest BCUT2D eigenvalue weighted by atomic mass is 32.1. The Hall–Kier alpha value is -2.51. The highest BCUT2D eigenvalue weighted by molar-refractivity contribution is 7.09. The largest absolute Gasteiger partial charge is 0.487 e. The first kappa shape index (κ1) is 18.8. The Morgan fingerprint density at radius 1 is 1.07 bits per heavy atom. The van der Waals surface area contributed by atoms with Crippen molar-refractivity contribution in [3.8, 4) is 5.75 Å². The molecule has 28 heavy (non-hydrogen) atoms. The van der Waals surface area contributed by atoms with Crippen molar-refractivity contribution in [2.45, 2.75) is 20.1 Å². The summed E-state index contributed by atoms with van der Waals surface area (Å²) in [6.45, 7) is 7.12. The van der Waals surface area contributed by atoms with Gasteiger partial charge >= 0.3 is 0 Å². The summed E-state index contributed by atoms with van der Waals surface area (Å²) >= 11 is 1.64. The van der Waals surface area contributed by atoms with Crippen molar-refractivity contribution in [2.75, 3.05) is 31.1 Å². The molecule has 1 aliphatic rings. The maximum Gasteiger partial charge on any atom is 0.141 e. The Kier molecular flexibility index (Phi) is 5.83. The Morgan fingerprint density at radius 3 is 2.50 bits per heavy atom. The van der Waals surface area contributed by atoms with Crippen LogP contribution < -0.4 is 9.64 Å². The predicted octanol–water partition coefficient (Wildman–Crippen LogP) is 3.89. The van der Waals surface area contributed by atoms with Crippen LogP contribution in [-0.2, 0) is 13.2 Å². The van der Waals surface area contributed by atoms with Crippen molar-refractivity contribution >= 4 is 17.2 Å². The van der Waals surface area contributed by atoms with Gasteiger partial charge in [0.15, 0.2) is 0 Å². The Labute approximate surface area is 168 Å². The molecule has 1 aliphatic heterocycles. The molecule has 2 aromatic heterocycles. The van der Waals surface area contributed by atoms with Crippen LogP contribution in [-0.4, -0.2) is 41.0 Å². The lowest BCUT2D eigenvalue weighted by Gasteiger charge is -2.35. The number of thiazole rings is 1. The van der Waals surface area contributed by atoms with E-state index in [1.54, 1.807) is 17.4 Å². The third-order valence-electron chi connectivity index (χ3n) is 4.79. The molecule has 0 N–H and O–H groups in total. The van der Waals surface area contributed by atoms with E-state index in [9.17, 15) is 4.39 Å². The van der Waals surface area contributed by atoms with Gasteiger partial charge in [0.2, 0.25) is 0 Å². The van der Waals surface area contributed by atoms with Crippen LogP contribution in [0.2, 0.25) is 0 Å². The maximum atomic E-state index is 13.0. The van der Waals surface area contributed by atoms with Gasteiger partial charge in [-0.15, -0.1) is 11.3 Å². The second-order valence-corrected chi connectivity index (χ2v) is 7.95. The minimum Gasteiger partial charge on any atom is -0.487 e. The van der Waals surface area contributed by atoms with E-state index in [0.717, 1.165) is 55.0 Å². The molecular formula is C21H23FN4OS. The number of nitrogens with zero attached hydrogens (tertiary/aromatic N) is 4. The van der Waals surface area contributed by atoms with Gasteiger partial charge in [0.05, 0.1) is 16.9 Å². The highest BCUT2D eigenvalue weighted by Gasteiger charge is 2.18. The molecule has 1 saturated heterocycles. The third kappa shape index (κ3) is 4.85. The summed E-state index contributed by atoms with van der Waals surface area (Å²) in [6, 6.07) is 11.5. The van der Waals surface area contributed by atoms with Crippen LogP contribution in [0.1, 0.15) is 16.3 Å². The Bertz CT molecular complexity index is 890. The van der Waals surface area contributed by atoms with Crippen LogP contribution in [0, 0.1) is 12.7 Å². The number of hydrogen-bond donors (Lipinski definition) is 0. The fraction of sp³-hybridized carbons (Fsp3) is 0.333. The van der Waals surface area contributed by atoms with E-state index >= 15 is 0 Å². The number of aromatic nitrogens is 2. The lowest BCUT2D eigenvalue weighted by atomic mass is 10.2. The van der Waals surface area contributed by atoms with E-state index in [0.29, 0.717) is 6.61 Å². The summed E-state index contributed by atoms with van der Waals surface area (Å²) in [6.07, 6.45) is 1.28. The average molecular weight is 399 g/mol. The molecule has 1 fully saturated rings. The quantitative estimate of drug-likeness (QED) is 0.630. The molecule has 0 spiro atoms. The normalized spacial score (nSPS) is 15.0. The summed E-state index contributed by atoms with van der Waals surface area (Å²) in [4.78, 5) is 13.2. The summed E-state index contributed by atoms with van der Waals surface area (Å²) in [5.74, 6) is 1.41. The van der Waals surface area contributed by atoms with Gasteiger partial charge in [-0.25, -0.2) is 14.4 Å². The number of aryl methyl sites for hydroxylation is 1. The molecule has 4 rings (SSSR count). The topological polar surface area (TPSA) is 41.5 Å². The number of rotatable bonds is 6. The van der Waals surface area contributed by atoms with E-state index in [2.05, 4.69) is 31.9 Å². The fourth-order valence-corrected chi connectivity index (χ4v) is 3.87. The molecule has 146 valence electrons. The maximum absolute atomic E-state index is 13.0. The smallest absolute Gasteiger partial charge is 0.141 e. The van der Waals surface area contributed by atoms with Crippen LogP contribution in [0.4, 0.5) is 10.2 Å². The van der Waals surface area contributed by atoms with Crippen LogP contribution in [0.3, 0.4) is 0 Å². The minimum atomic E-state index is -0.295.